The van der Waals surface area contributed by atoms with Crippen LogP contribution in [0.4, 0.5) is 11.4 Å². The smallest absolute Gasteiger partial charge is 0.262 e. The van der Waals surface area contributed by atoms with Gasteiger partial charge in [0.2, 0.25) is 5.91 Å². The number of anilines is 2. The van der Waals surface area contributed by atoms with E-state index in [4.69, 9.17) is 27.9 Å². The SMILES string of the molecule is COc1ccc(C)cc1NS(=O)(=O)c1ccc(NC(=O)CSCc2ccc(Cl)c(Cl)c2)cc1. The van der Waals surface area contributed by atoms with E-state index in [1.54, 1.807) is 36.4 Å². The molecule has 0 fully saturated rings. The van der Waals surface area contributed by atoms with Gasteiger partial charge in [0.1, 0.15) is 5.75 Å². The van der Waals surface area contributed by atoms with Crippen LogP contribution in [0, 0.1) is 6.92 Å². The number of amides is 1. The summed E-state index contributed by atoms with van der Waals surface area (Å²) in [6.45, 7) is 1.86. The number of halogens is 2. The van der Waals surface area contributed by atoms with Gasteiger partial charge in [0.25, 0.3) is 10.0 Å². The molecule has 0 heterocycles. The van der Waals surface area contributed by atoms with Crippen LogP contribution in [-0.2, 0) is 20.6 Å². The minimum absolute atomic E-state index is 0.0676. The Morgan fingerprint density at radius 2 is 1.73 bits per heavy atom. The predicted octanol–water partition coefficient (Wildman–Crippen LogP) is 5.98. The summed E-state index contributed by atoms with van der Waals surface area (Å²) in [6, 6.07) is 16.5. The molecular weight excluding hydrogens is 503 g/mol. The number of methoxy groups -OCH3 is 1. The number of nitrogens with one attached hydrogen (secondary N) is 2. The summed E-state index contributed by atoms with van der Waals surface area (Å²) in [5, 5.41) is 3.72. The highest BCUT2D eigenvalue weighted by Crippen LogP contribution is 2.28. The van der Waals surface area contributed by atoms with Gasteiger partial charge in [-0.05, 0) is 66.6 Å². The van der Waals surface area contributed by atoms with E-state index in [2.05, 4.69) is 10.0 Å². The Labute approximate surface area is 207 Å². The monoisotopic (exact) mass is 524 g/mol. The summed E-state index contributed by atoms with van der Waals surface area (Å²) >= 11 is 13.3. The maximum absolute atomic E-state index is 12.8. The molecule has 1 amide bonds. The molecule has 0 spiro atoms. The summed E-state index contributed by atoms with van der Waals surface area (Å²) in [5.41, 5.74) is 2.72. The van der Waals surface area contributed by atoms with Crippen LogP contribution in [0.25, 0.3) is 0 Å². The van der Waals surface area contributed by atoms with E-state index >= 15 is 0 Å². The highest BCUT2D eigenvalue weighted by molar-refractivity contribution is 7.99. The number of ether oxygens (including phenoxy) is 1. The summed E-state index contributed by atoms with van der Waals surface area (Å²) < 4.78 is 33.3. The molecule has 0 saturated carbocycles. The van der Waals surface area contributed by atoms with Crippen molar-refractivity contribution in [3.8, 4) is 5.75 Å². The van der Waals surface area contributed by atoms with E-state index in [-0.39, 0.29) is 16.6 Å². The molecular formula is C23H22Cl2N2O4S2. The van der Waals surface area contributed by atoms with Crippen molar-refractivity contribution in [3.63, 3.8) is 0 Å². The van der Waals surface area contributed by atoms with Crippen molar-refractivity contribution in [1.82, 2.24) is 0 Å². The predicted molar refractivity (Wildman–Crippen MR) is 136 cm³/mol. The zero-order valence-electron chi connectivity index (χ0n) is 17.9. The summed E-state index contributed by atoms with van der Waals surface area (Å²) in [4.78, 5) is 12.3. The number of carbonyl (C=O) groups is 1. The largest absolute Gasteiger partial charge is 0.495 e. The Hall–Kier alpha value is -2.39. The lowest BCUT2D eigenvalue weighted by atomic mass is 10.2. The van der Waals surface area contributed by atoms with Gasteiger partial charge in [-0.2, -0.15) is 0 Å². The second-order valence-electron chi connectivity index (χ2n) is 7.12. The van der Waals surface area contributed by atoms with Crippen molar-refractivity contribution in [1.29, 1.82) is 0 Å². The third-order valence-electron chi connectivity index (χ3n) is 4.53. The first-order valence-corrected chi connectivity index (χ1v) is 13.2. The first-order valence-electron chi connectivity index (χ1n) is 9.77. The molecule has 0 aromatic heterocycles. The second kappa shape index (κ2) is 11.2. The van der Waals surface area contributed by atoms with E-state index in [9.17, 15) is 13.2 Å². The van der Waals surface area contributed by atoms with Gasteiger partial charge >= 0.3 is 0 Å². The lowest BCUT2D eigenvalue weighted by Crippen LogP contribution is -2.15. The number of hydrogen-bond donors (Lipinski definition) is 2. The van der Waals surface area contributed by atoms with Crippen molar-refractivity contribution in [2.45, 2.75) is 17.6 Å². The van der Waals surface area contributed by atoms with Gasteiger partial charge in [-0.25, -0.2) is 8.42 Å². The molecule has 0 radical (unpaired) electrons. The standard InChI is InChI=1S/C23H22Cl2N2O4S2/c1-15-3-10-22(31-2)21(11-15)27-33(29,30)18-7-5-17(6-8-18)26-23(28)14-32-13-16-4-9-19(24)20(25)12-16/h3-12,27H,13-14H2,1-2H3,(H,26,28). The molecule has 0 bridgehead atoms. The highest BCUT2D eigenvalue weighted by Gasteiger charge is 2.17. The van der Waals surface area contributed by atoms with Gasteiger partial charge < -0.3 is 10.1 Å². The molecule has 0 aliphatic heterocycles. The van der Waals surface area contributed by atoms with Crippen molar-refractivity contribution in [3.05, 3.63) is 81.8 Å². The summed E-state index contributed by atoms with van der Waals surface area (Å²) in [7, 11) is -2.35. The molecule has 10 heteroatoms. The Bertz CT molecular complexity index is 1250. The third kappa shape index (κ3) is 7.04. The molecule has 0 unspecified atom stereocenters. The quantitative estimate of drug-likeness (QED) is 0.359. The Morgan fingerprint density at radius 1 is 1.00 bits per heavy atom. The number of sulfonamides is 1. The van der Waals surface area contributed by atoms with E-state index in [0.29, 0.717) is 32.9 Å². The van der Waals surface area contributed by atoms with E-state index in [0.717, 1.165) is 11.1 Å². The average Bonchev–Trinajstić information content (AvgIpc) is 2.76. The van der Waals surface area contributed by atoms with Gasteiger partial charge in [-0.15, -0.1) is 11.8 Å². The van der Waals surface area contributed by atoms with Crippen LogP contribution < -0.4 is 14.8 Å². The third-order valence-corrected chi connectivity index (χ3v) is 7.66. The van der Waals surface area contributed by atoms with E-state index in [1.807, 2.05) is 19.1 Å². The number of aryl methyl sites for hydroxylation is 1. The topological polar surface area (TPSA) is 84.5 Å². The fraction of sp³-hybridized carbons (Fsp3) is 0.174. The zero-order chi connectivity index (χ0) is 24.0. The van der Waals surface area contributed by atoms with Crippen LogP contribution in [0.1, 0.15) is 11.1 Å². The molecule has 3 aromatic carbocycles. The van der Waals surface area contributed by atoms with Crippen LogP contribution in [-0.4, -0.2) is 27.2 Å². The number of carbonyl (C=O) groups excluding carboxylic acids is 1. The van der Waals surface area contributed by atoms with Gasteiger partial charge in [-0.1, -0.05) is 35.3 Å². The number of hydrogen-bond acceptors (Lipinski definition) is 5. The van der Waals surface area contributed by atoms with Gasteiger partial charge in [0, 0.05) is 11.4 Å². The molecule has 174 valence electrons. The molecule has 2 N–H and O–H groups in total. The molecule has 3 rings (SSSR count). The zero-order valence-corrected chi connectivity index (χ0v) is 21.0. The van der Waals surface area contributed by atoms with Crippen LogP contribution in [0.15, 0.2) is 65.6 Å². The second-order valence-corrected chi connectivity index (χ2v) is 10.6. The fourth-order valence-electron chi connectivity index (χ4n) is 2.91. The Kier molecular flexibility index (Phi) is 8.53. The van der Waals surface area contributed by atoms with Crippen LogP contribution in [0.2, 0.25) is 10.0 Å². The van der Waals surface area contributed by atoms with E-state index < -0.39 is 10.0 Å². The van der Waals surface area contributed by atoms with Crippen LogP contribution in [0.5, 0.6) is 5.75 Å². The maximum atomic E-state index is 12.8. The lowest BCUT2D eigenvalue weighted by molar-refractivity contribution is -0.113. The summed E-state index contributed by atoms with van der Waals surface area (Å²) in [5.74, 6) is 1.06. The fourth-order valence-corrected chi connectivity index (χ4v) is 5.07. The van der Waals surface area contributed by atoms with Gasteiger partial charge in [0.05, 0.1) is 33.5 Å². The number of benzene rings is 3. The van der Waals surface area contributed by atoms with E-state index in [1.165, 1.54) is 31.0 Å². The Balaban J connectivity index is 1.57. The first-order chi connectivity index (χ1) is 15.7. The van der Waals surface area contributed by atoms with Crippen molar-refractivity contribution >= 4 is 62.3 Å². The van der Waals surface area contributed by atoms with Crippen LogP contribution in [0.3, 0.4) is 0 Å². The normalized spacial score (nSPS) is 11.2. The molecule has 0 atom stereocenters. The van der Waals surface area contributed by atoms with Crippen molar-refractivity contribution in [2.24, 2.45) is 0 Å². The molecule has 0 aliphatic rings. The molecule has 3 aromatic rings. The minimum Gasteiger partial charge on any atom is -0.495 e. The first kappa shape index (κ1) is 25.2. The minimum atomic E-state index is -3.83. The molecule has 33 heavy (non-hydrogen) atoms. The number of rotatable bonds is 9. The average molecular weight is 525 g/mol. The maximum Gasteiger partial charge on any atom is 0.262 e. The van der Waals surface area contributed by atoms with Crippen molar-refractivity contribution < 1.29 is 17.9 Å². The Morgan fingerprint density at radius 3 is 2.39 bits per heavy atom. The highest BCUT2D eigenvalue weighted by atomic mass is 35.5. The lowest BCUT2D eigenvalue weighted by Gasteiger charge is -2.13. The molecule has 6 nitrogen and oxygen atoms in total. The van der Waals surface area contributed by atoms with Crippen LogP contribution >= 0.6 is 35.0 Å². The molecule has 0 aliphatic carbocycles. The summed E-state index contributed by atoms with van der Waals surface area (Å²) in [6.07, 6.45) is 0. The van der Waals surface area contributed by atoms with Gasteiger partial charge in [-0.3, -0.25) is 9.52 Å². The number of thioether (sulfide) groups is 1. The van der Waals surface area contributed by atoms with Crippen molar-refractivity contribution in [2.75, 3.05) is 22.9 Å². The van der Waals surface area contributed by atoms with Gasteiger partial charge in [0.15, 0.2) is 0 Å². The molecule has 0 saturated heterocycles.